The molecule has 31 heavy (non-hydrogen) atoms. The molecule has 0 atom stereocenters. The molecule has 4 amide bonds. The quantitative estimate of drug-likeness (QED) is 0.274. The number of aliphatic hydroxyl groups is 2. The average Bonchev–Trinajstić information content (AvgIpc) is 3.07. The van der Waals surface area contributed by atoms with Crippen LogP contribution in [0.1, 0.15) is 57.4 Å². The second kappa shape index (κ2) is 9.28. The Morgan fingerprint density at radius 3 is 1.94 bits per heavy atom. The van der Waals surface area contributed by atoms with Gasteiger partial charge in [-0.15, -0.1) is 0 Å². The van der Waals surface area contributed by atoms with Crippen molar-refractivity contribution >= 4 is 29.4 Å². The number of amides is 4. The smallest absolute Gasteiger partial charge is 0.258 e. The van der Waals surface area contributed by atoms with Crippen molar-refractivity contribution in [1.82, 2.24) is 16.0 Å². The van der Waals surface area contributed by atoms with E-state index in [1.165, 1.54) is 36.4 Å². The normalized spacial score (nSPS) is 12.2. The van der Waals surface area contributed by atoms with E-state index in [4.69, 9.17) is 10.2 Å². The highest BCUT2D eigenvalue weighted by atomic mass is 16.3. The largest absolute Gasteiger partial charge is 0.395 e. The number of ketones is 1. The van der Waals surface area contributed by atoms with Gasteiger partial charge in [0.2, 0.25) is 0 Å². The Bertz CT molecular complexity index is 1090. The molecule has 2 aromatic rings. The molecule has 0 saturated heterocycles. The van der Waals surface area contributed by atoms with Gasteiger partial charge in [0, 0.05) is 24.2 Å². The minimum Gasteiger partial charge on any atom is -0.395 e. The maximum absolute atomic E-state index is 13.0. The van der Waals surface area contributed by atoms with Gasteiger partial charge < -0.3 is 20.8 Å². The SMILES string of the molecule is O=C(c1ccc(C(=O)NCCO)c(C(=O)NCCO)c1)c1ccc2c(c1)C(=O)NC2=O. The van der Waals surface area contributed by atoms with E-state index in [9.17, 15) is 24.0 Å². The maximum Gasteiger partial charge on any atom is 0.258 e. The molecule has 0 fully saturated rings. The first-order chi connectivity index (χ1) is 14.9. The number of carbonyl (C=O) groups is 5. The fourth-order valence-electron chi connectivity index (χ4n) is 3.08. The molecule has 3 rings (SSSR count). The maximum atomic E-state index is 13.0. The van der Waals surface area contributed by atoms with Gasteiger partial charge in [0.15, 0.2) is 5.78 Å². The molecule has 1 aliphatic heterocycles. The van der Waals surface area contributed by atoms with Crippen molar-refractivity contribution in [3.05, 3.63) is 69.8 Å². The first-order valence-electron chi connectivity index (χ1n) is 9.34. The molecular formula is C21H19N3O7. The fraction of sp³-hybridized carbons (Fsp3) is 0.190. The van der Waals surface area contributed by atoms with Gasteiger partial charge >= 0.3 is 0 Å². The molecular weight excluding hydrogens is 406 g/mol. The molecule has 1 aliphatic rings. The summed E-state index contributed by atoms with van der Waals surface area (Å²) in [7, 11) is 0. The van der Waals surface area contributed by atoms with E-state index in [2.05, 4.69) is 16.0 Å². The second-order valence-corrected chi connectivity index (χ2v) is 6.59. The number of hydrogen-bond donors (Lipinski definition) is 5. The van der Waals surface area contributed by atoms with Crippen LogP contribution >= 0.6 is 0 Å². The van der Waals surface area contributed by atoms with Crippen LogP contribution in [0.25, 0.3) is 0 Å². The van der Waals surface area contributed by atoms with E-state index >= 15 is 0 Å². The molecule has 0 aromatic heterocycles. The number of imide groups is 1. The summed E-state index contributed by atoms with van der Waals surface area (Å²) in [4.78, 5) is 61.3. The van der Waals surface area contributed by atoms with Crippen molar-refractivity contribution in [2.45, 2.75) is 0 Å². The Labute approximate surface area is 176 Å². The summed E-state index contributed by atoms with van der Waals surface area (Å²) in [5, 5.41) is 24.8. The summed E-state index contributed by atoms with van der Waals surface area (Å²) in [6.07, 6.45) is 0. The van der Waals surface area contributed by atoms with Crippen LogP contribution in [0, 0.1) is 0 Å². The van der Waals surface area contributed by atoms with Gasteiger partial charge in [-0.1, -0.05) is 12.1 Å². The van der Waals surface area contributed by atoms with E-state index < -0.39 is 29.4 Å². The van der Waals surface area contributed by atoms with Crippen LogP contribution in [-0.2, 0) is 0 Å². The Morgan fingerprint density at radius 1 is 0.742 bits per heavy atom. The molecule has 0 spiro atoms. The van der Waals surface area contributed by atoms with Gasteiger partial charge in [-0.05, 0) is 24.3 Å². The highest BCUT2D eigenvalue weighted by molar-refractivity contribution is 6.23. The van der Waals surface area contributed by atoms with Gasteiger partial charge in [-0.3, -0.25) is 29.3 Å². The van der Waals surface area contributed by atoms with E-state index in [-0.39, 0.29) is 59.7 Å². The number of hydrogen-bond acceptors (Lipinski definition) is 7. The Hall–Kier alpha value is -3.89. The van der Waals surface area contributed by atoms with E-state index in [0.717, 1.165) is 0 Å². The van der Waals surface area contributed by atoms with Crippen LogP contribution < -0.4 is 16.0 Å². The molecule has 1 heterocycles. The van der Waals surface area contributed by atoms with Crippen LogP contribution in [0.15, 0.2) is 36.4 Å². The summed E-state index contributed by atoms with van der Waals surface area (Å²) < 4.78 is 0. The molecule has 2 aromatic carbocycles. The number of aliphatic hydroxyl groups excluding tert-OH is 2. The van der Waals surface area contributed by atoms with Gasteiger partial charge in [0.1, 0.15) is 0 Å². The molecule has 0 radical (unpaired) electrons. The van der Waals surface area contributed by atoms with Crippen LogP contribution in [0.5, 0.6) is 0 Å². The number of carbonyl (C=O) groups excluding carboxylic acids is 5. The lowest BCUT2D eigenvalue weighted by molar-refractivity contribution is 0.0877. The van der Waals surface area contributed by atoms with Gasteiger partial charge in [-0.2, -0.15) is 0 Å². The molecule has 0 bridgehead atoms. The zero-order valence-corrected chi connectivity index (χ0v) is 16.2. The van der Waals surface area contributed by atoms with E-state index in [0.29, 0.717) is 0 Å². The standard InChI is InChI=1S/C21H19N3O7/c25-7-5-22-18(28)13-3-1-11(9-15(13)19(29)23-6-8-26)17(27)12-2-4-14-16(10-12)21(31)24-20(14)30/h1-4,9-10,25-26H,5-8H2,(H,22,28)(H,23,29)(H,24,30,31). The molecule has 5 N–H and O–H groups in total. The first kappa shape index (κ1) is 21.8. The van der Waals surface area contributed by atoms with Crippen molar-refractivity contribution in [1.29, 1.82) is 0 Å². The fourth-order valence-corrected chi connectivity index (χ4v) is 3.08. The van der Waals surface area contributed by atoms with E-state index in [1.807, 2.05) is 0 Å². The van der Waals surface area contributed by atoms with Crippen molar-refractivity contribution in [2.24, 2.45) is 0 Å². The first-order valence-corrected chi connectivity index (χ1v) is 9.34. The lowest BCUT2D eigenvalue weighted by atomic mass is 9.95. The zero-order chi connectivity index (χ0) is 22.5. The molecule has 0 aliphatic carbocycles. The van der Waals surface area contributed by atoms with E-state index in [1.54, 1.807) is 0 Å². The van der Waals surface area contributed by atoms with Gasteiger partial charge in [0.05, 0.1) is 35.5 Å². The highest BCUT2D eigenvalue weighted by Gasteiger charge is 2.28. The number of benzene rings is 2. The van der Waals surface area contributed by atoms with Crippen molar-refractivity contribution < 1.29 is 34.2 Å². The molecule has 160 valence electrons. The van der Waals surface area contributed by atoms with Crippen LogP contribution in [0.4, 0.5) is 0 Å². The zero-order valence-electron chi connectivity index (χ0n) is 16.2. The van der Waals surface area contributed by atoms with Gasteiger partial charge in [0.25, 0.3) is 23.6 Å². The average molecular weight is 425 g/mol. The summed E-state index contributed by atoms with van der Waals surface area (Å²) >= 11 is 0. The predicted molar refractivity (Wildman–Crippen MR) is 107 cm³/mol. The van der Waals surface area contributed by atoms with Crippen molar-refractivity contribution in [2.75, 3.05) is 26.3 Å². The molecule has 0 saturated carbocycles. The van der Waals surface area contributed by atoms with Crippen LogP contribution in [0.3, 0.4) is 0 Å². The lowest BCUT2D eigenvalue weighted by Crippen LogP contribution is -2.32. The Morgan fingerprint density at radius 2 is 1.29 bits per heavy atom. The summed E-state index contributed by atoms with van der Waals surface area (Å²) in [6.45, 7) is -0.676. The third-order valence-electron chi connectivity index (χ3n) is 4.56. The third kappa shape index (κ3) is 4.49. The summed E-state index contributed by atoms with van der Waals surface area (Å²) in [5.74, 6) is -2.95. The predicted octanol–water partition coefficient (Wildman–Crippen LogP) is -0.755. The Balaban J connectivity index is 1.97. The second-order valence-electron chi connectivity index (χ2n) is 6.59. The molecule has 10 heteroatoms. The number of nitrogens with one attached hydrogen (secondary N) is 3. The number of fused-ring (bicyclic) bond motifs is 1. The Kier molecular flexibility index (Phi) is 6.53. The topological polar surface area (TPSA) is 162 Å². The minimum atomic E-state index is -0.670. The minimum absolute atomic E-state index is 0.0145. The third-order valence-corrected chi connectivity index (χ3v) is 4.56. The monoisotopic (exact) mass is 425 g/mol. The highest BCUT2D eigenvalue weighted by Crippen LogP contribution is 2.21. The van der Waals surface area contributed by atoms with Crippen LogP contribution in [0.2, 0.25) is 0 Å². The van der Waals surface area contributed by atoms with Crippen molar-refractivity contribution in [3.8, 4) is 0 Å². The van der Waals surface area contributed by atoms with Crippen LogP contribution in [-0.4, -0.2) is 65.9 Å². The lowest BCUT2D eigenvalue weighted by Gasteiger charge is -2.12. The molecule has 0 unspecified atom stereocenters. The van der Waals surface area contributed by atoms with Gasteiger partial charge in [-0.25, -0.2) is 0 Å². The summed E-state index contributed by atoms with van der Waals surface area (Å²) in [5.41, 5.74) is 0.349. The van der Waals surface area contributed by atoms with Crippen molar-refractivity contribution in [3.63, 3.8) is 0 Å². The number of rotatable bonds is 8. The summed E-state index contributed by atoms with van der Waals surface area (Å²) in [6, 6.07) is 7.96. The molecule has 10 nitrogen and oxygen atoms in total.